The fraction of sp³-hybridized carbons (Fsp3) is 0.417. The maximum absolute atomic E-state index is 8.92. The Morgan fingerprint density at radius 1 is 1.06 bits per heavy atom. The highest BCUT2D eigenvalue weighted by molar-refractivity contribution is 5.55. The van der Waals surface area contributed by atoms with Gasteiger partial charge >= 0.3 is 0 Å². The van der Waals surface area contributed by atoms with Crippen LogP contribution >= 0.6 is 0 Å². The van der Waals surface area contributed by atoms with Crippen molar-refractivity contribution in [1.29, 1.82) is 5.26 Å². The maximum atomic E-state index is 8.92. The second-order valence-electron chi connectivity index (χ2n) is 3.48. The van der Waals surface area contributed by atoms with Gasteiger partial charge in [-0.25, -0.2) is 0 Å². The van der Waals surface area contributed by atoms with E-state index in [0.717, 1.165) is 0 Å². The van der Waals surface area contributed by atoms with Crippen molar-refractivity contribution in [2.45, 2.75) is 20.0 Å². The van der Waals surface area contributed by atoms with E-state index < -0.39 is 0 Å². The highest BCUT2D eigenvalue weighted by Crippen LogP contribution is 2.34. The monoisotopic (exact) mass is 221 g/mol. The van der Waals surface area contributed by atoms with Gasteiger partial charge in [-0.05, 0) is 13.8 Å². The SMILES string of the molecule is COc1cc(OC(C)C)c(OC)cc1C#N. The van der Waals surface area contributed by atoms with E-state index in [0.29, 0.717) is 22.8 Å². The number of methoxy groups -OCH3 is 2. The van der Waals surface area contributed by atoms with E-state index in [9.17, 15) is 0 Å². The van der Waals surface area contributed by atoms with Gasteiger partial charge in [0.2, 0.25) is 0 Å². The zero-order valence-corrected chi connectivity index (χ0v) is 9.90. The lowest BCUT2D eigenvalue weighted by atomic mass is 10.2. The Hall–Kier alpha value is -1.89. The van der Waals surface area contributed by atoms with Crippen LogP contribution < -0.4 is 14.2 Å². The van der Waals surface area contributed by atoms with Crippen molar-refractivity contribution in [1.82, 2.24) is 0 Å². The molecule has 16 heavy (non-hydrogen) atoms. The van der Waals surface area contributed by atoms with Gasteiger partial charge in [0.25, 0.3) is 0 Å². The van der Waals surface area contributed by atoms with E-state index in [2.05, 4.69) is 0 Å². The van der Waals surface area contributed by atoms with Crippen LogP contribution in [0.3, 0.4) is 0 Å². The zero-order valence-electron chi connectivity index (χ0n) is 9.90. The molecule has 1 aromatic rings. The summed E-state index contributed by atoms with van der Waals surface area (Å²) in [5.41, 5.74) is 0.426. The highest BCUT2D eigenvalue weighted by Gasteiger charge is 2.12. The third kappa shape index (κ3) is 2.57. The first kappa shape index (κ1) is 12.2. The van der Waals surface area contributed by atoms with Crippen LogP contribution in [0.15, 0.2) is 12.1 Å². The Morgan fingerprint density at radius 2 is 1.69 bits per heavy atom. The highest BCUT2D eigenvalue weighted by atomic mass is 16.5. The minimum absolute atomic E-state index is 0.0338. The topological polar surface area (TPSA) is 51.5 Å². The molecule has 1 aromatic carbocycles. The summed E-state index contributed by atoms with van der Waals surface area (Å²) < 4.78 is 15.8. The summed E-state index contributed by atoms with van der Waals surface area (Å²) >= 11 is 0. The number of ether oxygens (including phenoxy) is 3. The van der Waals surface area contributed by atoms with Crippen LogP contribution in [-0.4, -0.2) is 20.3 Å². The number of nitriles is 1. The smallest absolute Gasteiger partial charge is 0.165 e. The second kappa shape index (κ2) is 5.26. The molecular weight excluding hydrogens is 206 g/mol. The van der Waals surface area contributed by atoms with Crippen LogP contribution in [0.1, 0.15) is 19.4 Å². The molecule has 0 fully saturated rings. The van der Waals surface area contributed by atoms with Crippen LogP contribution in [0.5, 0.6) is 17.2 Å². The van der Waals surface area contributed by atoms with Crippen molar-refractivity contribution in [2.75, 3.05) is 14.2 Å². The van der Waals surface area contributed by atoms with Gasteiger partial charge in [-0.1, -0.05) is 0 Å². The van der Waals surface area contributed by atoms with Gasteiger partial charge in [-0.3, -0.25) is 0 Å². The summed E-state index contributed by atoms with van der Waals surface area (Å²) in [6.45, 7) is 3.84. The number of nitrogens with zero attached hydrogens (tertiary/aromatic N) is 1. The van der Waals surface area contributed by atoms with E-state index in [4.69, 9.17) is 19.5 Å². The zero-order chi connectivity index (χ0) is 12.1. The lowest BCUT2D eigenvalue weighted by Crippen LogP contribution is -2.07. The molecular formula is C12H15NO3. The van der Waals surface area contributed by atoms with Gasteiger partial charge in [-0.15, -0.1) is 0 Å². The minimum Gasteiger partial charge on any atom is -0.495 e. The predicted molar refractivity (Wildman–Crippen MR) is 60.0 cm³/mol. The summed E-state index contributed by atoms with van der Waals surface area (Å²) in [5.74, 6) is 1.60. The largest absolute Gasteiger partial charge is 0.495 e. The van der Waals surface area contributed by atoms with Crippen LogP contribution in [0, 0.1) is 11.3 Å². The average Bonchev–Trinajstić information content (AvgIpc) is 2.27. The first-order chi connectivity index (χ1) is 7.62. The second-order valence-corrected chi connectivity index (χ2v) is 3.48. The summed E-state index contributed by atoms with van der Waals surface area (Å²) in [4.78, 5) is 0. The van der Waals surface area contributed by atoms with Crippen molar-refractivity contribution in [3.63, 3.8) is 0 Å². The van der Waals surface area contributed by atoms with E-state index in [-0.39, 0.29) is 6.10 Å². The van der Waals surface area contributed by atoms with Gasteiger partial charge in [0, 0.05) is 12.1 Å². The molecule has 0 atom stereocenters. The normalized spacial score (nSPS) is 9.75. The third-order valence-electron chi connectivity index (χ3n) is 1.97. The molecule has 0 aliphatic heterocycles. The Morgan fingerprint density at radius 3 is 2.12 bits per heavy atom. The Balaban J connectivity index is 3.21. The van der Waals surface area contributed by atoms with Gasteiger partial charge < -0.3 is 14.2 Å². The Labute approximate surface area is 95.4 Å². The quantitative estimate of drug-likeness (QED) is 0.783. The molecule has 0 N–H and O–H groups in total. The first-order valence-electron chi connectivity index (χ1n) is 4.95. The average molecular weight is 221 g/mol. The van der Waals surface area contributed by atoms with Gasteiger partial charge in [-0.2, -0.15) is 5.26 Å². The number of hydrogen-bond donors (Lipinski definition) is 0. The molecule has 0 amide bonds. The standard InChI is InChI=1S/C12H15NO3/c1-8(2)16-12-6-10(14-3)9(7-13)5-11(12)15-4/h5-6,8H,1-4H3. The summed E-state index contributed by atoms with van der Waals surface area (Å²) in [6, 6.07) is 5.31. The van der Waals surface area contributed by atoms with Crippen LogP contribution in [0.4, 0.5) is 0 Å². The number of benzene rings is 1. The summed E-state index contributed by atoms with van der Waals surface area (Å²) in [7, 11) is 3.05. The Kier molecular flexibility index (Phi) is 4.01. The van der Waals surface area contributed by atoms with E-state index in [1.165, 1.54) is 14.2 Å². The minimum atomic E-state index is 0.0338. The van der Waals surface area contributed by atoms with Gasteiger partial charge in [0.15, 0.2) is 11.5 Å². The molecule has 4 nitrogen and oxygen atoms in total. The molecule has 1 rings (SSSR count). The van der Waals surface area contributed by atoms with Gasteiger partial charge in [0.05, 0.1) is 25.9 Å². The molecule has 0 aliphatic rings. The first-order valence-corrected chi connectivity index (χ1v) is 4.95. The van der Waals surface area contributed by atoms with Crippen LogP contribution in [0.2, 0.25) is 0 Å². The molecule has 0 unspecified atom stereocenters. The Bertz CT molecular complexity index is 407. The summed E-state index contributed by atoms with van der Waals surface area (Å²) in [6.07, 6.45) is 0.0338. The van der Waals surface area contributed by atoms with Crippen molar-refractivity contribution in [3.8, 4) is 23.3 Å². The van der Waals surface area contributed by atoms with Crippen LogP contribution in [-0.2, 0) is 0 Å². The van der Waals surface area contributed by atoms with E-state index in [1.54, 1.807) is 12.1 Å². The van der Waals surface area contributed by atoms with Crippen molar-refractivity contribution < 1.29 is 14.2 Å². The molecule has 0 aliphatic carbocycles. The maximum Gasteiger partial charge on any atom is 0.165 e. The molecule has 0 spiro atoms. The fourth-order valence-electron chi connectivity index (χ4n) is 1.30. The predicted octanol–water partition coefficient (Wildman–Crippen LogP) is 2.36. The van der Waals surface area contributed by atoms with Crippen LogP contribution in [0.25, 0.3) is 0 Å². The van der Waals surface area contributed by atoms with E-state index >= 15 is 0 Å². The molecule has 0 radical (unpaired) electrons. The molecule has 0 aromatic heterocycles. The number of hydrogen-bond acceptors (Lipinski definition) is 4. The van der Waals surface area contributed by atoms with Crippen molar-refractivity contribution in [2.24, 2.45) is 0 Å². The lowest BCUT2D eigenvalue weighted by Gasteiger charge is -2.15. The molecule has 0 saturated heterocycles. The molecule has 0 heterocycles. The lowest BCUT2D eigenvalue weighted by molar-refractivity contribution is 0.229. The fourth-order valence-corrected chi connectivity index (χ4v) is 1.30. The molecule has 4 heteroatoms. The van der Waals surface area contributed by atoms with Gasteiger partial charge in [0.1, 0.15) is 11.8 Å². The molecule has 86 valence electrons. The molecule has 0 bridgehead atoms. The van der Waals surface area contributed by atoms with Crippen molar-refractivity contribution >= 4 is 0 Å². The van der Waals surface area contributed by atoms with E-state index in [1.807, 2.05) is 19.9 Å². The third-order valence-corrected chi connectivity index (χ3v) is 1.97. The summed E-state index contributed by atoms with van der Waals surface area (Å²) in [5, 5.41) is 8.92. The molecule has 0 saturated carbocycles. The number of rotatable bonds is 4. The van der Waals surface area contributed by atoms with Crippen molar-refractivity contribution in [3.05, 3.63) is 17.7 Å².